The molecule has 0 saturated carbocycles. The first-order chi connectivity index (χ1) is 21.9. The quantitative estimate of drug-likeness (QED) is 0.172. The zero-order valence-corrected chi connectivity index (χ0v) is 35.3. The second-order valence-corrected chi connectivity index (χ2v) is 58.7. The monoisotopic (exact) mass is 755 g/mol. The van der Waals surface area contributed by atoms with Gasteiger partial charge in [0.25, 0.3) is 0 Å². The van der Waals surface area contributed by atoms with Crippen LogP contribution in [0, 0.1) is 26.7 Å². The van der Waals surface area contributed by atoms with E-state index in [1.807, 2.05) is 0 Å². The average molecular weight is 758 g/mol. The number of rotatable bonds is 6. The second-order valence-electron chi connectivity index (χ2n) is 16.2. The number of fused-ring (bicyclic) bond motifs is 2. The number of hydrogen-bond donors (Lipinski definition) is 0. The molecule has 0 N–H and O–H groups in total. The molecule has 0 heterocycles. The van der Waals surface area contributed by atoms with Gasteiger partial charge in [-0.15, -0.1) is 0 Å². The van der Waals surface area contributed by atoms with Crippen LogP contribution in [-0.4, -0.2) is 5.92 Å². The standard InChI is InChI=1S/C21H23.C20H21.C2H7Si.2ClH.Zr/c1-14-10-17-11-15(2)13-20(17)19(12-14)16-6-8-18(9-7-16)21(3,4)5;1-13(2)17-11-16-6-5-7-18(20(16)12-17)19-10-14(3)8-9-15(19)4;1-3-2;;;/h6-13H,1-5H3;5-13H,1-4H3;3H,1-2H3;2*1H;/q;;;;;+2/p-2. The third-order valence-corrected chi connectivity index (χ3v) is 63.2. The molecule has 47 heavy (non-hydrogen) atoms. The third-order valence-electron chi connectivity index (χ3n) is 11.2. The Labute approximate surface area is 293 Å². The van der Waals surface area contributed by atoms with Crippen molar-refractivity contribution in [3.05, 3.63) is 128 Å². The Bertz CT molecular complexity index is 1950. The van der Waals surface area contributed by atoms with Crippen molar-refractivity contribution in [2.75, 3.05) is 0 Å². The predicted octanol–water partition coefficient (Wildman–Crippen LogP) is 13.5. The summed E-state index contributed by atoms with van der Waals surface area (Å²) in [4.78, 5) is 0. The average Bonchev–Trinajstić information content (AvgIpc) is 3.57. The van der Waals surface area contributed by atoms with Crippen molar-refractivity contribution in [2.45, 2.75) is 88.1 Å². The molecule has 2 aliphatic rings. The topological polar surface area (TPSA) is 0 Å². The molecule has 0 spiro atoms. The van der Waals surface area contributed by atoms with Crippen molar-refractivity contribution in [2.24, 2.45) is 5.92 Å². The van der Waals surface area contributed by atoms with Gasteiger partial charge in [0, 0.05) is 0 Å². The van der Waals surface area contributed by atoms with E-state index >= 15 is 0 Å². The summed E-state index contributed by atoms with van der Waals surface area (Å²) in [5.74, 6) is -1.29. The van der Waals surface area contributed by atoms with E-state index in [2.05, 4.69) is 160 Å². The maximum atomic E-state index is 8.66. The molecule has 0 aromatic heterocycles. The summed E-state index contributed by atoms with van der Waals surface area (Å²) in [7, 11) is 17.3. The van der Waals surface area contributed by atoms with E-state index < -0.39 is 21.5 Å². The van der Waals surface area contributed by atoms with Gasteiger partial charge in [-0.3, -0.25) is 0 Å². The SMILES string of the molecule is CC1=Cc2c(-c3ccc(C(C)(C)C)cc3)cc(C)cc2[CH]1[Zr]([Cl])([Cl])([CH]1C(C(C)C)=Cc2c(-c3cc(C)ccc3C)cccc21)[SiH](C)C. The molecule has 0 bridgehead atoms. The number of aryl methyl sites for hydroxylation is 3. The van der Waals surface area contributed by atoms with Crippen LogP contribution in [0.2, 0.25) is 13.1 Å². The van der Waals surface area contributed by atoms with Crippen molar-refractivity contribution in [3.63, 3.8) is 0 Å². The Morgan fingerprint density at radius 3 is 1.94 bits per heavy atom. The van der Waals surface area contributed by atoms with Gasteiger partial charge in [-0.1, -0.05) is 0 Å². The van der Waals surface area contributed by atoms with Crippen molar-refractivity contribution in [1.29, 1.82) is 0 Å². The van der Waals surface area contributed by atoms with Crippen LogP contribution in [0.5, 0.6) is 0 Å². The number of allylic oxidation sites excluding steroid dienone is 2. The second kappa shape index (κ2) is 12.1. The van der Waals surface area contributed by atoms with Crippen molar-refractivity contribution in [3.8, 4) is 22.3 Å². The van der Waals surface area contributed by atoms with E-state index in [1.165, 1.54) is 77.9 Å². The van der Waals surface area contributed by atoms with Gasteiger partial charge in [-0.05, 0) is 0 Å². The summed E-state index contributed by atoms with van der Waals surface area (Å²) in [6, 6.07) is 27.7. The molecule has 0 saturated heterocycles. The van der Waals surface area contributed by atoms with E-state index in [0.717, 1.165) is 0 Å². The van der Waals surface area contributed by atoms with Crippen molar-refractivity contribution in [1.82, 2.24) is 0 Å². The fourth-order valence-electron chi connectivity index (χ4n) is 8.54. The number of halogens is 2. The fraction of sp³-hybridized carbons (Fsp3) is 0.349. The van der Waals surface area contributed by atoms with Gasteiger partial charge < -0.3 is 0 Å². The number of benzene rings is 4. The summed E-state index contributed by atoms with van der Waals surface area (Å²) in [6.45, 7) is 25.3. The van der Waals surface area contributed by atoms with E-state index in [-0.39, 0.29) is 12.7 Å². The first kappa shape index (κ1) is 34.9. The molecule has 2 unspecified atom stereocenters. The molecule has 4 heteroatoms. The van der Waals surface area contributed by atoms with E-state index in [4.69, 9.17) is 17.0 Å². The number of hydrogen-bond acceptors (Lipinski definition) is 0. The van der Waals surface area contributed by atoms with Crippen LogP contribution in [0.15, 0.2) is 83.9 Å². The molecule has 0 nitrogen and oxygen atoms in total. The molecule has 245 valence electrons. The van der Waals surface area contributed by atoms with Crippen LogP contribution in [0.25, 0.3) is 34.4 Å². The summed E-state index contributed by atoms with van der Waals surface area (Å²) in [6.07, 6.45) is 4.92. The zero-order valence-electron chi connectivity index (χ0n) is 30.1. The van der Waals surface area contributed by atoms with Crippen LogP contribution < -0.4 is 0 Å². The summed E-state index contributed by atoms with van der Waals surface area (Å²) < 4.78 is 0.164. The summed E-state index contributed by atoms with van der Waals surface area (Å²) in [5.41, 5.74) is 18.6. The maximum absolute atomic E-state index is 8.66. The zero-order chi connectivity index (χ0) is 34.2. The van der Waals surface area contributed by atoms with E-state index in [1.54, 1.807) is 0 Å². The predicted molar refractivity (Wildman–Crippen MR) is 209 cm³/mol. The Hall–Kier alpha value is -1.96. The molecule has 2 atom stereocenters. The van der Waals surface area contributed by atoms with Crippen LogP contribution in [0.4, 0.5) is 0 Å². The van der Waals surface area contributed by atoms with Gasteiger partial charge in [0.1, 0.15) is 0 Å². The Kier molecular flexibility index (Phi) is 9.00. The summed E-state index contributed by atoms with van der Waals surface area (Å²) in [5, 5.41) is 0. The van der Waals surface area contributed by atoms with Crippen LogP contribution in [-0.2, 0) is 21.0 Å². The minimum atomic E-state index is -4.84. The molecular weight excluding hydrogens is 707 g/mol. The Morgan fingerprint density at radius 2 is 1.32 bits per heavy atom. The molecule has 0 amide bonds. The van der Waals surface area contributed by atoms with Gasteiger partial charge >= 0.3 is 295 Å². The van der Waals surface area contributed by atoms with Crippen LogP contribution in [0.1, 0.15) is 93.3 Å². The van der Waals surface area contributed by atoms with Gasteiger partial charge in [0.2, 0.25) is 0 Å². The van der Waals surface area contributed by atoms with Gasteiger partial charge in [-0.25, -0.2) is 0 Å². The Morgan fingerprint density at radius 1 is 0.681 bits per heavy atom. The van der Waals surface area contributed by atoms with Gasteiger partial charge in [-0.2, -0.15) is 0 Å². The van der Waals surface area contributed by atoms with Crippen LogP contribution >= 0.6 is 17.0 Å². The molecular formula is C43H51Cl2SiZr. The molecule has 4 aromatic carbocycles. The Balaban J connectivity index is 1.57. The summed E-state index contributed by atoms with van der Waals surface area (Å²) >= 11 is -4.84. The van der Waals surface area contributed by atoms with Crippen molar-refractivity contribution >= 4 is 35.1 Å². The molecule has 2 aliphatic carbocycles. The van der Waals surface area contributed by atoms with Crippen molar-refractivity contribution < 1.29 is 15.6 Å². The molecule has 6 rings (SSSR count). The van der Waals surface area contributed by atoms with Gasteiger partial charge in [0.05, 0.1) is 0 Å². The molecule has 0 aliphatic heterocycles. The first-order valence-corrected chi connectivity index (χ1v) is 33.7. The van der Waals surface area contributed by atoms with Crippen LogP contribution in [0.3, 0.4) is 0 Å². The minimum absolute atomic E-state index is 0.0800. The third kappa shape index (κ3) is 5.68. The fourth-order valence-corrected chi connectivity index (χ4v) is 40.7. The molecule has 0 fully saturated rings. The van der Waals surface area contributed by atoms with E-state index in [0.29, 0.717) is 5.92 Å². The molecule has 4 aromatic rings. The normalized spacial score (nSPS) is 18.6. The van der Waals surface area contributed by atoms with Gasteiger partial charge in [0.15, 0.2) is 0 Å². The van der Waals surface area contributed by atoms with E-state index in [9.17, 15) is 0 Å². The molecule has 0 radical (unpaired) electrons. The first-order valence-electron chi connectivity index (χ1n) is 17.4.